The summed E-state index contributed by atoms with van der Waals surface area (Å²) < 4.78 is 34.4. The van der Waals surface area contributed by atoms with Gasteiger partial charge in [-0.25, -0.2) is 8.42 Å². The Hall–Kier alpha value is -3.56. The van der Waals surface area contributed by atoms with Crippen LogP contribution in [0.25, 0.3) is 0 Å². The molecule has 1 aliphatic carbocycles. The number of nitrogens with one attached hydrogen (secondary N) is 1. The average molecular weight is 612 g/mol. The lowest BCUT2D eigenvalue weighted by Crippen LogP contribution is -2.53. The van der Waals surface area contributed by atoms with E-state index in [-0.39, 0.29) is 23.4 Å². The molecule has 0 unspecified atom stereocenters. The van der Waals surface area contributed by atoms with Gasteiger partial charge in [0.1, 0.15) is 18.3 Å². The monoisotopic (exact) mass is 611 g/mol. The first-order chi connectivity index (χ1) is 20.2. The number of para-hydroxylation sites is 1. The maximum atomic E-state index is 14.1. The van der Waals surface area contributed by atoms with Gasteiger partial charge in [-0.15, -0.1) is 0 Å². The van der Waals surface area contributed by atoms with Gasteiger partial charge in [-0.2, -0.15) is 0 Å². The van der Waals surface area contributed by atoms with Gasteiger partial charge in [-0.05, 0) is 80.8 Å². The van der Waals surface area contributed by atoms with Crippen LogP contribution >= 0.6 is 11.6 Å². The highest BCUT2D eigenvalue weighted by Crippen LogP contribution is 2.26. The van der Waals surface area contributed by atoms with Gasteiger partial charge in [0.2, 0.25) is 11.8 Å². The molecule has 0 heterocycles. The standard InChI is InChI=1S/C32H38ClN3O5S/c1-3-41-29-17-19-30(20-18-29)42(39,40)36(28-15-8-5-9-16-28)23-31(37)35(22-25-11-10-12-26(33)21-25)24(2)32(38)34-27-13-6-4-7-14-27/h5,8-12,15-21,24,27H,3-4,6-7,13-14,22-23H2,1-2H3,(H,34,38)/t24-/m0/s1. The number of anilines is 1. The third kappa shape index (κ3) is 8.04. The number of nitrogens with zero attached hydrogens (tertiary/aromatic N) is 2. The first-order valence-electron chi connectivity index (χ1n) is 14.3. The van der Waals surface area contributed by atoms with Crippen molar-refractivity contribution < 1.29 is 22.7 Å². The van der Waals surface area contributed by atoms with Crippen molar-refractivity contribution in [3.63, 3.8) is 0 Å². The van der Waals surface area contributed by atoms with E-state index in [0.717, 1.165) is 42.0 Å². The molecule has 3 aromatic carbocycles. The number of rotatable bonds is 12. The molecule has 1 N–H and O–H groups in total. The van der Waals surface area contributed by atoms with Crippen LogP contribution in [0.3, 0.4) is 0 Å². The minimum Gasteiger partial charge on any atom is -0.494 e. The number of carbonyl (C=O) groups is 2. The maximum absolute atomic E-state index is 14.1. The Morgan fingerprint density at radius 1 is 0.976 bits per heavy atom. The Balaban J connectivity index is 1.65. The molecule has 8 nitrogen and oxygen atoms in total. The summed E-state index contributed by atoms with van der Waals surface area (Å²) in [6.07, 6.45) is 5.07. The number of benzene rings is 3. The van der Waals surface area contributed by atoms with Gasteiger partial charge in [0.15, 0.2) is 0 Å². The zero-order valence-electron chi connectivity index (χ0n) is 24.0. The van der Waals surface area contributed by atoms with Crippen LogP contribution in [0.4, 0.5) is 5.69 Å². The minimum atomic E-state index is -4.15. The lowest BCUT2D eigenvalue weighted by atomic mass is 9.95. The summed E-state index contributed by atoms with van der Waals surface area (Å²) in [5.74, 6) is -0.234. The van der Waals surface area contributed by atoms with Crippen LogP contribution in [-0.2, 0) is 26.2 Å². The summed E-state index contributed by atoms with van der Waals surface area (Å²) >= 11 is 6.22. The van der Waals surface area contributed by atoms with Gasteiger partial charge in [-0.3, -0.25) is 13.9 Å². The van der Waals surface area contributed by atoms with Crippen molar-refractivity contribution in [3.05, 3.63) is 89.4 Å². The largest absolute Gasteiger partial charge is 0.494 e. The quantitative estimate of drug-likeness (QED) is 0.279. The van der Waals surface area contributed by atoms with Crippen LogP contribution in [0.1, 0.15) is 51.5 Å². The Bertz CT molecular complexity index is 1440. The molecule has 1 saturated carbocycles. The van der Waals surface area contributed by atoms with Gasteiger partial charge in [0, 0.05) is 17.6 Å². The van der Waals surface area contributed by atoms with E-state index in [1.54, 1.807) is 67.6 Å². The molecular weight excluding hydrogens is 574 g/mol. The molecule has 0 radical (unpaired) electrons. The molecule has 0 spiro atoms. The highest BCUT2D eigenvalue weighted by molar-refractivity contribution is 7.92. The van der Waals surface area contributed by atoms with E-state index in [1.807, 2.05) is 13.0 Å². The second-order valence-corrected chi connectivity index (χ2v) is 12.7. The lowest BCUT2D eigenvalue weighted by molar-refractivity contribution is -0.139. The zero-order valence-corrected chi connectivity index (χ0v) is 25.6. The molecule has 1 fully saturated rings. The first kappa shape index (κ1) is 31.4. The molecule has 0 saturated heterocycles. The number of sulfonamides is 1. The highest BCUT2D eigenvalue weighted by atomic mass is 35.5. The fourth-order valence-electron chi connectivity index (χ4n) is 5.11. The molecule has 1 atom stereocenters. The van der Waals surface area contributed by atoms with Crippen LogP contribution in [-0.4, -0.2) is 50.4 Å². The van der Waals surface area contributed by atoms with Gasteiger partial charge in [0.25, 0.3) is 10.0 Å². The highest BCUT2D eigenvalue weighted by Gasteiger charge is 2.33. The fraction of sp³-hybridized carbons (Fsp3) is 0.375. The van der Waals surface area contributed by atoms with Crippen LogP contribution in [0.2, 0.25) is 5.02 Å². The van der Waals surface area contributed by atoms with Crippen molar-refractivity contribution >= 4 is 39.1 Å². The smallest absolute Gasteiger partial charge is 0.264 e. The van der Waals surface area contributed by atoms with E-state index < -0.39 is 28.5 Å². The number of carbonyl (C=O) groups excluding carboxylic acids is 2. The third-order valence-corrected chi connectivity index (χ3v) is 9.43. The predicted octanol–water partition coefficient (Wildman–Crippen LogP) is 5.80. The van der Waals surface area contributed by atoms with Gasteiger partial charge >= 0.3 is 0 Å². The summed E-state index contributed by atoms with van der Waals surface area (Å²) in [5, 5.41) is 3.61. The number of ether oxygens (including phenoxy) is 1. The molecular formula is C32H38ClN3O5S. The van der Waals surface area contributed by atoms with E-state index in [9.17, 15) is 18.0 Å². The number of amides is 2. The number of hydrogen-bond donors (Lipinski definition) is 1. The van der Waals surface area contributed by atoms with Crippen molar-refractivity contribution in [3.8, 4) is 5.75 Å². The van der Waals surface area contributed by atoms with Crippen LogP contribution in [0.15, 0.2) is 83.8 Å². The normalized spacial score (nSPS) is 14.5. The van der Waals surface area contributed by atoms with E-state index in [4.69, 9.17) is 16.3 Å². The molecule has 42 heavy (non-hydrogen) atoms. The van der Waals surface area contributed by atoms with E-state index in [2.05, 4.69) is 5.32 Å². The van der Waals surface area contributed by atoms with Gasteiger partial charge in [-0.1, -0.05) is 61.2 Å². The molecule has 10 heteroatoms. The van der Waals surface area contributed by atoms with Crippen molar-refractivity contribution in [2.75, 3.05) is 17.5 Å². The van der Waals surface area contributed by atoms with E-state index >= 15 is 0 Å². The molecule has 3 aromatic rings. The van der Waals surface area contributed by atoms with Crippen LogP contribution in [0, 0.1) is 0 Å². The molecule has 4 rings (SSSR count). The van der Waals surface area contributed by atoms with Crippen molar-refractivity contribution in [1.29, 1.82) is 0 Å². The topological polar surface area (TPSA) is 96.0 Å². The van der Waals surface area contributed by atoms with Gasteiger partial charge in [0.05, 0.1) is 17.2 Å². The first-order valence-corrected chi connectivity index (χ1v) is 16.2. The molecule has 0 aromatic heterocycles. The second kappa shape index (κ2) is 14.6. The lowest BCUT2D eigenvalue weighted by Gasteiger charge is -2.33. The number of hydrogen-bond acceptors (Lipinski definition) is 5. The third-order valence-electron chi connectivity index (χ3n) is 7.41. The van der Waals surface area contributed by atoms with E-state index in [1.165, 1.54) is 17.0 Å². The summed E-state index contributed by atoms with van der Waals surface area (Å²) in [4.78, 5) is 28.9. The van der Waals surface area contributed by atoms with Crippen molar-refractivity contribution in [2.24, 2.45) is 0 Å². The average Bonchev–Trinajstić information content (AvgIpc) is 2.99. The Morgan fingerprint density at radius 3 is 2.31 bits per heavy atom. The Labute approximate surface area is 253 Å². The second-order valence-electron chi connectivity index (χ2n) is 10.4. The molecule has 1 aliphatic rings. The minimum absolute atomic E-state index is 0.0205. The van der Waals surface area contributed by atoms with Crippen LogP contribution in [0.5, 0.6) is 5.75 Å². The zero-order chi connectivity index (χ0) is 30.1. The molecule has 224 valence electrons. The van der Waals surface area contributed by atoms with Crippen molar-refractivity contribution in [1.82, 2.24) is 10.2 Å². The number of halogens is 1. The molecule has 0 bridgehead atoms. The summed E-state index contributed by atoms with van der Waals surface area (Å²) in [7, 11) is -4.15. The summed E-state index contributed by atoms with van der Waals surface area (Å²) in [5.41, 5.74) is 1.07. The van der Waals surface area contributed by atoms with Crippen LogP contribution < -0.4 is 14.4 Å². The summed E-state index contributed by atoms with van der Waals surface area (Å²) in [6, 6.07) is 20.9. The SMILES string of the molecule is CCOc1ccc(S(=O)(=O)N(CC(=O)N(Cc2cccc(Cl)c2)[C@@H](C)C(=O)NC2CCCCC2)c2ccccc2)cc1. The fourth-order valence-corrected chi connectivity index (χ4v) is 6.74. The Kier molecular flexibility index (Phi) is 10.9. The Morgan fingerprint density at radius 2 is 1.67 bits per heavy atom. The van der Waals surface area contributed by atoms with Gasteiger partial charge < -0.3 is 15.0 Å². The predicted molar refractivity (Wildman–Crippen MR) is 165 cm³/mol. The molecule has 2 amide bonds. The van der Waals surface area contributed by atoms with E-state index in [0.29, 0.717) is 23.1 Å². The molecule has 0 aliphatic heterocycles. The maximum Gasteiger partial charge on any atom is 0.264 e. The van der Waals surface area contributed by atoms with Crippen molar-refractivity contribution in [2.45, 2.75) is 69.5 Å². The summed E-state index contributed by atoms with van der Waals surface area (Å²) in [6.45, 7) is 3.56.